The monoisotopic (exact) mass is 877 g/mol. The second kappa shape index (κ2) is 48.9. The summed E-state index contributed by atoms with van der Waals surface area (Å²) in [6.45, 7) is 11.4. The highest BCUT2D eigenvalue weighted by molar-refractivity contribution is 5.71. The van der Waals surface area contributed by atoms with Crippen molar-refractivity contribution >= 4 is 17.9 Å². The van der Waals surface area contributed by atoms with Crippen molar-refractivity contribution in [1.29, 1.82) is 0 Å². The van der Waals surface area contributed by atoms with Crippen LogP contribution in [-0.2, 0) is 28.6 Å². The summed E-state index contributed by atoms with van der Waals surface area (Å²) in [5.41, 5.74) is 0. The predicted octanol–water partition coefficient (Wildman–Crippen LogP) is 18.1. The van der Waals surface area contributed by atoms with E-state index in [2.05, 4.69) is 34.6 Å². The number of ether oxygens (including phenoxy) is 3. The van der Waals surface area contributed by atoms with Crippen molar-refractivity contribution in [3.05, 3.63) is 0 Å². The molecule has 0 fully saturated rings. The maximum absolute atomic E-state index is 12.8. The minimum absolute atomic E-state index is 0.0633. The molecule has 0 aliphatic rings. The fourth-order valence-corrected chi connectivity index (χ4v) is 8.52. The first-order chi connectivity index (χ1) is 30.2. The number of rotatable bonds is 50. The molecule has 0 aliphatic heterocycles. The van der Waals surface area contributed by atoms with Gasteiger partial charge < -0.3 is 14.2 Å². The minimum atomic E-state index is -0.762. The van der Waals surface area contributed by atoms with Crippen LogP contribution in [0.3, 0.4) is 0 Å². The molecule has 6 nitrogen and oxygen atoms in total. The van der Waals surface area contributed by atoms with Gasteiger partial charge in [-0.05, 0) is 31.1 Å². The Hall–Kier alpha value is -1.59. The average molecular weight is 877 g/mol. The molecule has 0 aromatic rings. The van der Waals surface area contributed by atoms with E-state index in [0.29, 0.717) is 19.3 Å². The van der Waals surface area contributed by atoms with Gasteiger partial charge in [-0.15, -0.1) is 0 Å². The van der Waals surface area contributed by atoms with Crippen LogP contribution in [0.4, 0.5) is 0 Å². The van der Waals surface area contributed by atoms with Crippen LogP contribution in [0.15, 0.2) is 0 Å². The molecule has 0 aliphatic carbocycles. The Morgan fingerprint density at radius 2 is 0.532 bits per heavy atom. The third-order valence-electron chi connectivity index (χ3n) is 12.7. The lowest BCUT2D eigenvalue weighted by atomic mass is 10.0. The standard InChI is InChI=1S/C56H108O6/c1-6-7-8-9-10-11-12-13-15-20-23-26-33-38-43-48-56(59)62-53(50-61-55(58)47-42-37-32-28-27-30-35-40-45-52(4)5)49-60-54(57)46-41-36-31-25-22-19-17-14-16-18-21-24-29-34-39-44-51(2)3/h51-53H,6-50H2,1-5H3/t53-/m1/s1. The van der Waals surface area contributed by atoms with E-state index >= 15 is 0 Å². The predicted molar refractivity (Wildman–Crippen MR) is 266 cm³/mol. The Morgan fingerprint density at radius 3 is 0.790 bits per heavy atom. The molecule has 0 N–H and O–H groups in total. The normalized spacial score (nSPS) is 12.0. The zero-order valence-corrected chi connectivity index (χ0v) is 42.5. The third-order valence-corrected chi connectivity index (χ3v) is 12.7. The smallest absolute Gasteiger partial charge is 0.306 e. The fraction of sp³-hybridized carbons (Fsp3) is 0.946. The van der Waals surface area contributed by atoms with Gasteiger partial charge in [0.25, 0.3) is 0 Å². The minimum Gasteiger partial charge on any atom is -0.462 e. The molecule has 0 saturated heterocycles. The molecule has 0 aromatic carbocycles. The molecule has 0 amide bonds. The van der Waals surface area contributed by atoms with Crippen molar-refractivity contribution in [2.24, 2.45) is 11.8 Å². The summed E-state index contributed by atoms with van der Waals surface area (Å²) >= 11 is 0. The lowest BCUT2D eigenvalue weighted by Gasteiger charge is -2.18. The Kier molecular flexibility index (Phi) is 47.6. The van der Waals surface area contributed by atoms with E-state index in [0.717, 1.165) is 69.6 Å². The summed E-state index contributed by atoms with van der Waals surface area (Å²) in [5, 5.41) is 0. The summed E-state index contributed by atoms with van der Waals surface area (Å²) in [7, 11) is 0. The summed E-state index contributed by atoms with van der Waals surface area (Å²) in [4.78, 5) is 38.0. The second-order valence-corrected chi connectivity index (χ2v) is 20.2. The lowest BCUT2D eigenvalue weighted by Crippen LogP contribution is -2.30. The highest BCUT2D eigenvalue weighted by Gasteiger charge is 2.19. The SMILES string of the molecule is CCCCCCCCCCCCCCCCCC(=O)O[C@H](COC(=O)CCCCCCCCCCCCCCCCCC(C)C)COC(=O)CCCCCCCCCCC(C)C. The van der Waals surface area contributed by atoms with Gasteiger partial charge in [-0.2, -0.15) is 0 Å². The van der Waals surface area contributed by atoms with Crippen LogP contribution < -0.4 is 0 Å². The number of carbonyl (C=O) groups excluding carboxylic acids is 3. The molecule has 0 unspecified atom stereocenters. The first-order valence-electron chi connectivity index (χ1n) is 27.7. The highest BCUT2D eigenvalue weighted by atomic mass is 16.6. The van der Waals surface area contributed by atoms with Gasteiger partial charge in [0, 0.05) is 19.3 Å². The van der Waals surface area contributed by atoms with Gasteiger partial charge in [-0.3, -0.25) is 14.4 Å². The Morgan fingerprint density at radius 1 is 0.306 bits per heavy atom. The topological polar surface area (TPSA) is 78.9 Å². The van der Waals surface area contributed by atoms with Crippen LogP contribution in [0.25, 0.3) is 0 Å². The number of esters is 3. The molecule has 0 aromatic heterocycles. The summed E-state index contributed by atoms with van der Waals surface area (Å²) < 4.78 is 16.8. The van der Waals surface area contributed by atoms with Crippen molar-refractivity contribution in [3.8, 4) is 0 Å². The maximum Gasteiger partial charge on any atom is 0.306 e. The first kappa shape index (κ1) is 60.4. The van der Waals surface area contributed by atoms with Crippen LogP contribution in [-0.4, -0.2) is 37.2 Å². The van der Waals surface area contributed by atoms with E-state index in [1.807, 2.05) is 0 Å². The molecular formula is C56H108O6. The van der Waals surface area contributed by atoms with Gasteiger partial charge in [-0.25, -0.2) is 0 Å². The van der Waals surface area contributed by atoms with Crippen LogP contribution in [0, 0.1) is 11.8 Å². The molecule has 0 radical (unpaired) electrons. The zero-order valence-electron chi connectivity index (χ0n) is 42.5. The molecule has 6 heteroatoms. The molecule has 368 valence electrons. The Labute approximate surface area is 387 Å². The molecule has 0 rings (SSSR count). The quantitative estimate of drug-likeness (QED) is 0.0344. The Bertz CT molecular complexity index is 947. The van der Waals surface area contributed by atoms with Gasteiger partial charge in [0.15, 0.2) is 6.10 Å². The Balaban J connectivity index is 4.27. The number of hydrogen-bond donors (Lipinski definition) is 0. The van der Waals surface area contributed by atoms with Crippen LogP contribution >= 0.6 is 0 Å². The largest absolute Gasteiger partial charge is 0.462 e. The molecule has 0 saturated carbocycles. The van der Waals surface area contributed by atoms with Gasteiger partial charge in [0.05, 0.1) is 0 Å². The lowest BCUT2D eigenvalue weighted by molar-refractivity contribution is -0.167. The number of unbranched alkanes of at least 4 members (excludes halogenated alkanes) is 35. The first-order valence-corrected chi connectivity index (χ1v) is 27.7. The number of hydrogen-bond acceptors (Lipinski definition) is 6. The van der Waals surface area contributed by atoms with Gasteiger partial charge in [0.1, 0.15) is 13.2 Å². The van der Waals surface area contributed by atoms with E-state index in [1.165, 1.54) is 199 Å². The molecular weight excluding hydrogens is 769 g/mol. The molecule has 0 bridgehead atoms. The van der Waals surface area contributed by atoms with Crippen molar-refractivity contribution in [3.63, 3.8) is 0 Å². The summed E-state index contributed by atoms with van der Waals surface area (Å²) in [5.74, 6) is 0.801. The van der Waals surface area contributed by atoms with Gasteiger partial charge in [0.2, 0.25) is 0 Å². The highest BCUT2D eigenvalue weighted by Crippen LogP contribution is 2.18. The maximum atomic E-state index is 12.8. The average Bonchev–Trinajstić information content (AvgIpc) is 3.24. The van der Waals surface area contributed by atoms with Gasteiger partial charge >= 0.3 is 17.9 Å². The third kappa shape index (κ3) is 49.4. The van der Waals surface area contributed by atoms with E-state index in [4.69, 9.17) is 14.2 Å². The number of carbonyl (C=O) groups is 3. The fourth-order valence-electron chi connectivity index (χ4n) is 8.52. The van der Waals surface area contributed by atoms with Crippen LogP contribution in [0.5, 0.6) is 0 Å². The van der Waals surface area contributed by atoms with Crippen LogP contribution in [0.1, 0.15) is 311 Å². The molecule has 0 spiro atoms. The van der Waals surface area contributed by atoms with Crippen molar-refractivity contribution < 1.29 is 28.6 Å². The molecule has 62 heavy (non-hydrogen) atoms. The summed E-state index contributed by atoms with van der Waals surface area (Å²) in [6, 6.07) is 0. The van der Waals surface area contributed by atoms with Crippen molar-refractivity contribution in [2.75, 3.05) is 13.2 Å². The molecule has 0 heterocycles. The summed E-state index contributed by atoms with van der Waals surface area (Å²) in [6.07, 6.45) is 51.0. The van der Waals surface area contributed by atoms with Crippen molar-refractivity contribution in [1.82, 2.24) is 0 Å². The van der Waals surface area contributed by atoms with Crippen molar-refractivity contribution in [2.45, 2.75) is 317 Å². The second-order valence-electron chi connectivity index (χ2n) is 20.2. The zero-order chi connectivity index (χ0) is 45.4. The van der Waals surface area contributed by atoms with Gasteiger partial charge in [-0.1, -0.05) is 272 Å². The molecule has 1 atom stereocenters. The van der Waals surface area contributed by atoms with E-state index in [9.17, 15) is 14.4 Å². The van der Waals surface area contributed by atoms with E-state index in [-0.39, 0.29) is 31.1 Å². The van der Waals surface area contributed by atoms with E-state index < -0.39 is 6.10 Å². The van der Waals surface area contributed by atoms with Crippen LogP contribution in [0.2, 0.25) is 0 Å². The van der Waals surface area contributed by atoms with E-state index in [1.54, 1.807) is 0 Å².